The zero-order valence-electron chi connectivity index (χ0n) is 10.7. The number of rotatable bonds is 6. The van der Waals surface area contributed by atoms with Gasteiger partial charge in [-0.2, -0.15) is 0 Å². The maximum atomic E-state index is 12.2. The fourth-order valence-corrected chi connectivity index (χ4v) is 3.11. The van der Waals surface area contributed by atoms with Gasteiger partial charge in [0, 0.05) is 26.1 Å². The molecule has 2 atom stereocenters. The summed E-state index contributed by atoms with van der Waals surface area (Å²) in [6.07, 6.45) is 5.15. The van der Waals surface area contributed by atoms with E-state index in [0.717, 1.165) is 0 Å². The molecule has 98 valence electrons. The molecule has 4 nitrogen and oxygen atoms in total. The normalized spacial score (nSPS) is 30.8. The van der Waals surface area contributed by atoms with Gasteiger partial charge in [0.2, 0.25) is 5.91 Å². The maximum absolute atomic E-state index is 12.2. The molecule has 2 N–H and O–H groups in total. The largest absolute Gasteiger partial charge is 0.378 e. The third-order valence-electron chi connectivity index (χ3n) is 4.15. The minimum absolute atomic E-state index is 0.331. The van der Waals surface area contributed by atoms with Gasteiger partial charge in [0.15, 0.2) is 0 Å². The molecule has 0 aromatic heterocycles. The second-order valence-electron chi connectivity index (χ2n) is 5.30. The Balaban J connectivity index is 1.69. The van der Waals surface area contributed by atoms with Crippen LogP contribution in [0.25, 0.3) is 0 Å². The molecule has 2 fully saturated rings. The average molecular weight is 240 g/mol. The second-order valence-corrected chi connectivity index (χ2v) is 5.30. The third-order valence-corrected chi connectivity index (χ3v) is 4.15. The van der Waals surface area contributed by atoms with Crippen molar-refractivity contribution in [2.24, 2.45) is 23.5 Å². The van der Waals surface area contributed by atoms with Crippen molar-refractivity contribution in [2.45, 2.75) is 25.7 Å². The first-order chi connectivity index (χ1) is 8.25. The van der Waals surface area contributed by atoms with Crippen LogP contribution in [0.5, 0.6) is 0 Å². The average Bonchev–Trinajstić information content (AvgIpc) is 3.07. The van der Waals surface area contributed by atoms with Gasteiger partial charge in [0.1, 0.15) is 0 Å². The molecule has 0 aromatic rings. The summed E-state index contributed by atoms with van der Waals surface area (Å²) in [6.45, 7) is 2.41. The zero-order valence-corrected chi connectivity index (χ0v) is 10.7. The van der Waals surface area contributed by atoms with Crippen molar-refractivity contribution in [1.82, 2.24) is 4.90 Å². The third kappa shape index (κ3) is 2.99. The van der Waals surface area contributed by atoms with Crippen LogP contribution < -0.4 is 5.73 Å². The SMILES string of the molecule is CN(CCOCCN)C(=O)C1C2CCCCC21. The van der Waals surface area contributed by atoms with Crippen molar-refractivity contribution in [3.05, 3.63) is 0 Å². The van der Waals surface area contributed by atoms with Crippen molar-refractivity contribution in [1.29, 1.82) is 0 Å². The first-order valence-electron chi connectivity index (χ1n) is 6.78. The predicted octanol–water partition coefficient (Wildman–Crippen LogP) is 0.856. The highest BCUT2D eigenvalue weighted by Crippen LogP contribution is 2.55. The van der Waals surface area contributed by atoms with E-state index in [1.54, 1.807) is 0 Å². The Kier molecular flexibility index (Phi) is 4.40. The van der Waals surface area contributed by atoms with Crippen molar-refractivity contribution < 1.29 is 9.53 Å². The molecule has 2 aliphatic carbocycles. The topological polar surface area (TPSA) is 55.6 Å². The molecule has 0 bridgehead atoms. The smallest absolute Gasteiger partial charge is 0.226 e. The summed E-state index contributed by atoms with van der Waals surface area (Å²) >= 11 is 0. The molecule has 2 saturated carbocycles. The van der Waals surface area contributed by atoms with Gasteiger partial charge >= 0.3 is 0 Å². The molecule has 2 rings (SSSR count). The van der Waals surface area contributed by atoms with Gasteiger partial charge in [0.25, 0.3) is 0 Å². The Labute approximate surface area is 103 Å². The molecular formula is C13H24N2O2. The lowest BCUT2D eigenvalue weighted by Gasteiger charge is -2.17. The molecule has 4 heteroatoms. The highest BCUT2D eigenvalue weighted by molar-refractivity contribution is 5.82. The minimum Gasteiger partial charge on any atom is -0.378 e. The van der Waals surface area contributed by atoms with Crippen molar-refractivity contribution >= 4 is 5.91 Å². The van der Waals surface area contributed by atoms with Crippen LogP contribution in [0.2, 0.25) is 0 Å². The number of nitrogens with zero attached hydrogens (tertiary/aromatic N) is 1. The predicted molar refractivity (Wildman–Crippen MR) is 66.4 cm³/mol. The number of ether oxygens (including phenoxy) is 1. The fourth-order valence-electron chi connectivity index (χ4n) is 3.11. The standard InChI is InChI=1S/C13H24N2O2/c1-15(7-9-17-8-6-14)13(16)12-10-4-2-3-5-11(10)12/h10-12H,2-9,14H2,1H3. The van der Waals surface area contributed by atoms with Gasteiger partial charge < -0.3 is 15.4 Å². The Morgan fingerprint density at radius 2 is 1.94 bits per heavy atom. The summed E-state index contributed by atoms with van der Waals surface area (Å²) in [6, 6.07) is 0. The number of hydrogen-bond donors (Lipinski definition) is 1. The number of amides is 1. The summed E-state index contributed by atoms with van der Waals surface area (Å²) in [5.41, 5.74) is 5.34. The number of carbonyl (C=O) groups excluding carboxylic acids is 1. The van der Waals surface area contributed by atoms with Crippen molar-refractivity contribution in [3.63, 3.8) is 0 Å². The Hall–Kier alpha value is -0.610. The molecule has 1 amide bonds. The Morgan fingerprint density at radius 1 is 1.29 bits per heavy atom. The summed E-state index contributed by atoms with van der Waals surface area (Å²) in [5.74, 6) is 2.06. The number of nitrogens with two attached hydrogens (primary N) is 1. The van der Waals surface area contributed by atoms with Gasteiger partial charge in [-0.15, -0.1) is 0 Å². The van der Waals surface area contributed by atoms with E-state index in [1.807, 2.05) is 11.9 Å². The molecule has 0 saturated heterocycles. The highest BCUT2D eigenvalue weighted by atomic mass is 16.5. The Bertz CT molecular complexity index is 258. The van der Waals surface area contributed by atoms with Gasteiger partial charge in [0.05, 0.1) is 13.2 Å². The van der Waals surface area contributed by atoms with Crippen LogP contribution in [0.15, 0.2) is 0 Å². The minimum atomic E-state index is 0.331. The van der Waals surface area contributed by atoms with Gasteiger partial charge in [-0.3, -0.25) is 4.79 Å². The van der Waals surface area contributed by atoms with E-state index in [-0.39, 0.29) is 0 Å². The summed E-state index contributed by atoms with van der Waals surface area (Å²) in [4.78, 5) is 14.0. The molecule has 2 unspecified atom stereocenters. The maximum Gasteiger partial charge on any atom is 0.226 e. The van der Waals surface area contributed by atoms with Crippen LogP contribution in [0.1, 0.15) is 25.7 Å². The quantitative estimate of drug-likeness (QED) is 0.700. The van der Waals surface area contributed by atoms with Gasteiger partial charge in [-0.05, 0) is 24.7 Å². The monoisotopic (exact) mass is 240 g/mol. The van der Waals surface area contributed by atoms with E-state index in [2.05, 4.69) is 0 Å². The molecule has 0 aromatic carbocycles. The van der Waals surface area contributed by atoms with Crippen LogP contribution in [0.3, 0.4) is 0 Å². The number of hydrogen-bond acceptors (Lipinski definition) is 3. The Morgan fingerprint density at radius 3 is 2.53 bits per heavy atom. The summed E-state index contributed by atoms with van der Waals surface area (Å²) in [7, 11) is 1.89. The number of fused-ring (bicyclic) bond motifs is 1. The van der Waals surface area contributed by atoms with Crippen LogP contribution >= 0.6 is 0 Å². The van der Waals surface area contributed by atoms with Crippen LogP contribution in [-0.2, 0) is 9.53 Å². The lowest BCUT2D eigenvalue weighted by atomic mass is 10.0. The van der Waals surface area contributed by atoms with E-state index in [1.165, 1.54) is 25.7 Å². The lowest BCUT2D eigenvalue weighted by Crippen LogP contribution is -2.32. The molecule has 0 spiro atoms. The van der Waals surface area contributed by atoms with E-state index in [4.69, 9.17) is 10.5 Å². The molecular weight excluding hydrogens is 216 g/mol. The highest BCUT2D eigenvalue weighted by Gasteiger charge is 2.55. The van der Waals surface area contributed by atoms with Crippen LogP contribution in [0, 0.1) is 17.8 Å². The number of likely N-dealkylation sites (N-methyl/N-ethyl adjacent to an activating group) is 1. The van der Waals surface area contributed by atoms with Gasteiger partial charge in [-0.25, -0.2) is 0 Å². The summed E-state index contributed by atoms with van der Waals surface area (Å²) < 4.78 is 5.30. The summed E-state index contributed by atoms with van der Waals surface area (Å²) in [5, 5.41) is 0. The zero-order chi connectivity index (χ0) is 12.3. The van der Waals surface area contributed by atoms with E-state index >= 15 is 0 Å². The fraction of sp³-hybridized carbons (Fsp3) is 0.923. The molecule has 0 radical (unpaired) electrons. The first kappa shape index (κ1) is 12.8. The van der Waals surface area contributed by atoms with Gasteiger partial charge in [-0.1, -0.05) is 12.8 Å². The van der Waals surface area contributed by atoms with E-state index in [0.29, 0.717) is 50.0 Å². The van der Waals surface area contributed by atoms with Crippen LogP contribution in [0.4, 0.5) is 0 Å². The molecule has 17 heavy (non-hydrogen) atoms. The molecule has 0 heterocycles. The van der Waals surface area contributed by atoms with Crippen molar-refractivity contribution in [2.75, 3.05) is 33.4 Å². The lowest BCUT2D eigenvalue weighted by molar-refractivity contribution is -0.132. The van der Waals surface area contributed by atoms with E-state index in [9.17, 15) is 4.79 Å². The molecule has 2 aliphatic rings. The second kappa shape index (κ2) is 5.83. The van der Waals surface area contributed by atoms with Crippen LogP contribution in [-0.4, -0.2) is 44.2 Å². The first-order valence-corrected chi connectivity index (χ1v) is 6.78. The van der Waals surface area contributed by atoms with E-state index < -0.39 is 0 Å². The molecule has 0 aliphatic heterocycles. The number of carbonyl (C=O) groups is 1. The van der Waals surface area contributed by atoms with Crippen molar-refractivity contribution in [3.8, 4) is 0 Å².